The predicted octanol–water partition coefficient (Wildman–Crippen LogP) is 3.47. The third-order valence-electron chi connectivity index (χ3n) is 5.01. The highest BCUT2D eigenvalue weighted by Crippen LogP contribution is 2.36. The van der Waals surface area contributed by atoms with Crippen LogP contribution in [-0.4, -0.2) is 32.2 Å². The standard InChI is InChI=1S/C21H23NO4/c1-15-8-9-16(19(23)25-2)14-18(15)22-20(24)21(10-12-26-13-11-21)17-6-4-3-5-7-17/h3-9,14H,10-13H2,1-2H3,(H,22,24). The second kappa shape index (κ2) is 7.70. The molecule has 0 radical (unpaired) electrons. The molecule has 2 aromatic rings. The van der Waals surface area contributed by atoms with Crippen molar-refractivity contribution in [2.24, 2.45) is 0 Å². The van der Waals surface area contributed by atoms with Gasteiger partial charge in [-0.1, -0.05) is 36.4 Å². The lowest BCUT2D eigenvalue weighted by atomic mass is 9.73. The van der Waals surface area contributed by atoms with Crippen LogP contribution in [0.25, 0.3) is 0 Å². The number of carbonyl (C=O) groups is 2. The summed E-state index contributed by atoms with van der Waals surface area (Å²) in [6.07, 6.45) is 1.25. The largest absolute Gasteiger partial charge is 0.465 e. The van der Waals surface area contributed by atoms with Gasteiger partial charge in [0, 0.05) is 18.9 Å². The molecule has 3 rings (SSSR count). The maximum absolute atomic E-state index is 13.3. The van der Waals surface area contributed by atoms with Crippen LogP contribution in [0.3, 0.4) is 0 Å². The molecule has 1 N–H and O–H groups in total. The van der Waals surface area contributed by atoms with Gasteiger partial charge >= 0.3 is 5.97 Å². The van der Waals surface area contributed by atoms with Gasteiger partial charge in [-0.3, -0.25) is 4.79 Å². The average Bonchev–Trinajstić information content (AvgIpc) is 2.70. The number of benzene rings is 2. The molecule has 0 atom stereocenters. The second-order valence-corrected chi connectivity index (χ2v) is 6.54. The Labute approximate surface area is 153 Å². The van der Waals surface area contributed by atoms with Gasteiger partial charge in [-0.15, -0.1) is 0 Å². The Balaban J connectivity index is 1.93. The SMILES string of the molecule is COC(=O)c1ccc(C)c(NC(=O)C2(c3ccccc3)CCOCC2)c1. The van der Waals surface area contributed by atoms with Gasteiger partial charge in [-0.2, -0.15) is 0 Å². The molecule has 1 aliphatic heterocycles. The Morgan fingerprint density at radius 1 is 1.08 bits per heavy atom. The predicted molar refractivity (Wildman–Crippen MR) is 99.3 cm³/mol. The molecule has 0 aromatic heterocycles. The summed E-state index contributed by atoms with van der Waals surface area (Å²) in [4.78, 5) is 25.1. The number of rotatable bonds is 4. The number of methoxy groups -OCH3 is 1. The van der Waals surface area contributed by atoms with E-state index in [9.17, 15) is 9.59 Å². The summed E-state index contributed by atoms with van der Waals surface area (Å²) in [5, 5.41) is 3.04. The Morgan fingerprint density at radius 3 is 2.42 bits per heavy atom. The molecule has 1 saturated heterocycles. The van der Waals surface area contributed by atoms with Crippen molar-refractivity contribution in [2.75, 3.05) is 25.6 Å². The van der Waals surface area contributed by atoms with E-state index in [1.165, 1.54) is 7.11 Å². The fourth-order valence-electron chi connectivity index (χ4n) is 3.37. The van der Waals surface area contributed by atoms with Crippen molar-refractivity contribution in [1.82, 2.24) is 0 Å². The minimum absolute atomic E-state index is 0.0721. The van der Waals surface area contributed by atoms with E-state index in [0.717, 1.165) is 11.1 Å². The smallest absolute Gasteiger partial charge is 0.337 e. The molecular weight excluding hydrogens is 330 g/mol. The summed E-state index contributed by atoms with van der Waals surface area (Å²) in [6, 6.07) is 15.0. The molecule has 0 bridgehead atoms. The minimum atomic E-state index is -0.632. The Kier molecular flexibility index (Phi) is 5.38. The van der Waals surface area contributed by atoms with E-state index in [-0.39, 0.29) is 5.91 Å². The number of anilines is 1. The van der Waals surface area contributed by atoms with Crippen LogP contribution in [0.15, 0.2) is 48.5 Å². The summed E-state index contributed by atoms with van der Waals surface area (Å²) < 4.78 is 10.3. The summed E-state index contributed by atoms with van der Waals surface area (Å²) >= 11 is 0. The summed E-state index contributed by atoms with van der Waals surface area (Å²) in [7, 11) is 1.34. The summed E-state index contributed by atoms with van der Waals surface area (Å²) in [5.41, 5.74) is 2.28. The Hall–Kier alpha value is -2.66. The highest BCUT2D eigenvalue weighted by Gasteiger charge is 2.41. The van der Waals surface area contributed by atoms with Crippen molar-refractivity contribution < 1.29 is 19.1 Å². The number of amides is 1. The topological polar surface area (TPSA) is 64.6 Å². The second-order valence-electron chi connectivity index (χ2n) is 6.54. The first kappa shape index (κ1) is 18.1. The van der Waals surface area contributed by atoms with Crippen LogP contribution >= 0.6 is 0 Å². The number of aryl methyl sites for hydroxylation is 1. The number of nitrogens with one attached hydrogen (secondary N) is 1. The van der Waals surface area contributed by atoms with Crippen LogP contribution in [0.5, 0.6) is 0 Å². The normalized spacial score (nSPS) is 15.9. The molecule has 1 amide bonds. The fraction of sp³-hybridized carbons (Fsp3) is 0.333. The number of carbonyl (C=O) groups excluding carboxylic acids is 2. The Bertz CT molecular complexity index is 795. The Morgan fingerprint density at radius 2 is 1.77 bits per heavy atom. The molecule has 0 unspecified atom stereocenters. The zero-order valence-electron chi connectivity index (χ0n) is 15.1. The molecule has 1 heterocycles. The lowest BCUT2D eigenvalue weighted by molar-refractivity contribution is -0.125. The van der Waals surface area contributed by atoms with E-state index in [4.69, 9.17) is 9.47 Å². The molecule has 5 nitrogen and oxygen atoms in total. The molecular formula is C21H23NO4. The molecule has 26 heavy (non-hydrogen) atoms. The molecule has 1 fully saturated rings. The highest BCUT2D eigenvalue weighted by molar-refractivity contribution is 6.01. The summed E-state index contributed by atoms with van der Waals surface area (Å²) in [6.45, 7) is 2.99. The third-order valence-corrected chi connectivity index (χ3v) is 5.01. The zero-order valence-corrected chi connectivity index (χ0v) is 15.1. The van der Waals surface area contributed by atoms with E-state index in [0.29, 0.717) is 37.3 Å². The van der Waals surface area contributed by atoms with Crippen LogP contribution in [0.4, 0.5) is 5.69 Å². The highest BCUT2D eigenvalue weighted by atomic mass is 16.5. The van der Waals surface area contributed by atoms with Crippen molar-refractivity contribution in [3.05, 3.63) is 65.2 Å². The van der Waals surface area contributed by atoms with Gasteiger partial charge < -0.3 is 14.8 Å². The lowest BCUT2D eigenvalue weighted by Crippen LogP contribution is -2.45. The molecule has 1 aliphatic rings. The zero-order chi connectivity index (χ0) is 18.6. The first-order chi connectivity index (χ1) is 12.6. The molecule has 0 spiro atoms. The van der Waals surface area contributed by atoms with Crippen molar-refractivity contribution in [3.8, 4) is 0 Å². The lowest BCUT2D eigenvalue weighted by Gasteiger charge is -2.36. The number of hydrogen-bond donors (Lipinski definition) is 1. The van der Waals surface area contributed by atoms with Crippen LogP contribution in [0, 0.1) is 6.92 Å². The maximum atomic E-state index is 13.3. The number of hydrogen-bond acceptors (Lipinski definition) is 4. The fourth-order valence-corrected chi connectivity index (χ4v) is 3.37. The van der Waals surface area contributed by atoms with Gasteiger partial charge in [0.05, 0.1) is 18.1 Å². The van der Waals surface area contributed by atoms with Crippen molar-refractivity contribution in [1.29, 1.82) is 0 Å². The van der Waals surface area contributed by atoms with Gasteiger partial charge in [-0.25, -0.2) is 4.79 Å². The molecule has 0 saturated carbocycles. The average molecular weight is 353 g/mol. The molecule has 136 valence electrons. The van der Waals surface area contributed by atoms with Gasteiger partial charge in [0.1, 0.15) is 0 Å². The molecule has 2 aromatic carbocycles. The first-order valence-electron chi connectivity index (χ1n) is 8.70. The van der Waals surface area contributed by atoms with E-state index in [1.54, 1.807) is 18.2 Å². The van der Waals surface area contributed by atoms with E-state index in [1.807, 2.05) is 37.3 Å². The van der Waals surface area contributed by atoms with E-state index >= 15 is 0 Å². The quantitative estimate of drug-likeness (QED) is 0.855. The first-order valence-corrected chi connectivity index (χ1v) is 8.70. The van der Waals surface area contributed by atoms with Crippen LogP contribution in [0.2, 0.25) is 0 Å². The third kappa shape index (κ3) is 3.48. The van der Waals surface area contributed by atoms with E-state index in [2.05, 4.69) is 5.32 Å². The van der Waals surface area contributed by atoms with Gasteiger partial charge in [0.25, 0.3) is 0 Å². The van der Waals surface area contributed by atoms with Crippen LogP contribution < -0.4 is 5.32 Å². The van der Waals surface area contributed by atoms with Gasteiger partial charge in [-0.05, 0) is 43.0 Å². The number of esters is 1. The van der Waals surface area contributed by atoms with E-state index < -0.39 is 11.4 Å². The van der Waals surface area contributed by atoms with Crippen molar-refractivity contribution in [3.63, 3.8) is 0 Å². The van der Waals surface area contributed by atoms with Crippen LogP contribution in [-0.2, 0) is 19.7 Å². The molecule has 0 aliphatic carbocycles. The van der Waals surface area contributed by atoms with Crippen molar-refractivity contribution in [2.45, 2.75) is 25.2 Å². The van der Waals surface area contributed by atoms with Crippen molar-refractivity contribution >= 4 is 17.6 Å². The minimum Gasteiger partial charge on any atom is -0.465 e. The monoisotopic (exact) mass is 353 g/mol. The van der Waals surface area contributed by atoms with Gasteiger partial charge in [0.15, 0.2) is 0 Å². The van der Waals surface area contributed by atoms with Crippen LogP contribution in [0.1, 0.15) is 34.3 Å². The van der Waals surface area contributed by atoms with Gasteiger partial charge in [0.2, 0.25) is 5.91 Å². The molecule has 5 heteroatoms. The summed E-state index contributed by atoms with van der Waals surface area (Å²) in [5.74, 6) is -0.499. The number of ether oxygens (including phenoxy) is 2. The maximum Gasteiger partial charge on any atom is 0.337 e.